The highest BCUT2D eigenvalue weighted by Gasteiger charge is 2.22. The van der Waals surface area contributed by atoms with Crippen LogP contribution in [0.2, 0.25) is 0 Å². The molecule has 0 radical (unpaired) electrons. The molecule has 0 saturated carbocycles. The van der Waals surface area contributed by atoms with E-state index in [9.17, 15) is 4.79 Å². The van der Waals surface area contributed by atoms with Crippen LogP contribution in [0.15, 0.2) is 18.2 Å². The van der Waals surface area contributed by atoms with E-state index < -0.39 is 0 Å². The SMILES string of the molecule is Cc1ccc(C(N)CN2CCC(C)CCC2=O)c(C)c1. The molecule has 1 amide bonds. The third-order valence-electron chi connectivity index (χ3n) is 4.34. The van der Waals surface area contributed by atoms with Gasteiger partial charge >= 0.3 is 0 Å². The molecule has 0 aromatic heterocycles. The molecule has 0 spiro atoms. The zero-order chi connectivity index (χ0) is 14.7. The summed E-state index contributed by atoms with van der Waals surface area (Å²) in [6.07, 6.45) is 2.76. The third kappa shape index (κ3) is 3.60. The predicted molar refractivity (Wildman–Crippen MR) is 82.4 cm³/mol. The van der Waals surface area contributed by atoms with Gasteiger partial charge in [0.2, 0.25) is 5.91 Å². The Labute approximate surface area is 122 Å². The van der Waals surface area contributed by atoms with E-state index in [4.69, 9.17) is 5.73 Å². The second kappa shape index (κ2) is 6.40. The number of rotatable bonds is 3. The van der Waals surface area contributed by atoms with Gasteiger partial charge in [0.15, 0.2) is 0 Å². The molecule has 0 bridgehead atoms. The molecule has 2 unspecified atom stereocenters. The standard InChI is InChI=1S/C17H26N2O/c1-12-5-7-17(20)19(9-8-12)11-16(18)15-6-4-13(2)10-14(15)3/h4,6,10,12,16H,5,7-9,11,18H2,1-3H3. The molecule has 1 aliphatic heterocycles. The Kier molecular flexibility index (Phi) is 4.81. The summed E-state index contributed by atoms with van der Waals surface area (Å²) in [5, 5.41) is 0. The normalized spacial score (nSPS) is 21.7. The molecule has 2 N–H and O–H groups in total. The minimum absolute atomic E-state index is 0.0899. The van der Waals surface area contributed by atoms with E-state index >= 15 is 0 Å². The minimum atomic E-state index is -0.0899. The Morgan fingerprint density at radius 3 is 2.80 bits per heavy atom. The van der Waals surface area contributed by atoms with E-state index in [0.717, 1.165) is 24.9 Å². The van der Waals surface area contributed by atoms with Crippen molar-refractivity contribution in [2.75, 3.05) is 13.1 Å². The Morgan fingerprint density at radius 2 is 2.10 bits per heavy atom. The number of hydrogen-bond donors (Lipinski definition) is 1. The van der Waals surface area contributed by atoms with Crippen molar-refractivity contribution in [1.82, 2.24) is 4.90 Å². The first-order chi connectivity index (χ1) is 9.47. The van der Waals surface area contributed by atoms with Crippen LogP contribution in [0.1, 0.15) is 48.9 Å². The fourth-order valence-corrected chi connectivity index (χ4v) is 2.94. The zero-order valence-electron chi connectivity index (χ0n) is 12.9. The molecule has 110 valence electrons. The number of benzene rings is 1. The van der Waals surface area contributed by atoms with Crippen LogP contribution in [0, 0.1) is 19.8 Å². The molecule has 3 nitrogen and oxygen atoms in total. The van der Waals surface area contributed by atoms with Gasteiger partial charge in [-0.3, -0.25) is 4.79 Å². The molecule has 3 heteroatoms. The van der Waals surface area contributed by atoms with Gasteiger partial charge in [-0.05, 0) is 43.7 Å². The van der Waals surface area contributed by atoms with Gasteiger partial charge in [0.05, 0.1) is 0 Å². The second-order valence-electron chi connectivity index (χ2n) is 6.24. The van der Waals surface area contributed by atoms with Gasteiger partial charge in [0.1, 0.15) is 0 Å². The Balaban J connectivity index is 2.06. The fraction of sp³-hybridized carbons (Fsp3) is 0.588. The van der Waals surface area contributed by atoms with Crippen LogP contribution in [0.3, 0.4) is 0 Å². The molecular weight excluding hydrogens is 248 g/mol. The van der Waals surface area contributed by atoms with E-state index in [-0.39, 0.29) is 11.9 Å². The maximum Gasteiger partial charge on any atom is 0.222 e. The number of hydrogen-bond acceptors (Lipinski definition) is 2. The van der Waals surface area contributed by atoms with Crippen LogP contribution in [0.25, 0.3) is 0 Å². The largest absolute Gasteiger partial charge is 0.341 e. The summed E-state index contributed by atoms with van der Waals surface area (Å²) in [5.41, 5.74) is 9.95. The lowest BCUT2D eigenvalue weighted by Crippen LogP contribution is -2.37. The Bertz CT molecular complexity index is 484. The van der Waals surface area contributed by atoms with Crippen molar-refractivity contribution in [1.29, 1.82) is 0 Å². The number of likely N-dealkylation sites (tertiary alicyclic amines) is 1. The monoisotopic (exact) mass is 274 g/mol. The number of carbonyl (C=O) groups excluding carboxylic acids is 1. The summed E-state index contributed by atoms with van der Waals surface area (Å²) < 4.78 is 0. The van der Waals surface area contributed by atoms with Gasteiger partial charge in [-0.2, -0.15) is 0 Å². The lowest BCUT2D eigenvalue weighted by atomic mass is 9.99. The molecule has 2 atom stereocenters. The van der Waals surface area contributed by atoms with E-state index in [1.165, 1.54) is 11.1 Å². The van der Waals surface area contributed by atoms with E-state index in [2.05, 4.69) is 39.0 Å². The van der Waals surface area contributed by atoms with Crippen molar-refractivity contribution in [3.05, 3.63) is 34.9 Å². The first kappa shape index (κ1) is 15.0. The number of nitrogens with zero attached hydrogens (tertiary/aromatic N) is 1. The van der Waals surface area contributed by atoms with Crippen molar-refractivity contribution in [3.8, 4) is 0 Å². The fourth-order valence-electron chi connectivity index (χ4n) is 2.94. The summed E-state index contributed by atoms with van der Waals surface area (Å²) >= 11 is 0. The summed E-state index contributed by atoms with van der Waals surface area (Å²) in [7, 11) is 0. The summed E-state index contributed by atoms with van der Waals surface area (Å²) in [4.78, 5) is 14.1. The van der Waals surface area contributed by atoms with Crippen molar-refractivity contribution in [3.63, 3.8) is 0 Å². The average Bonchev–Trinajstić information content (AvgIpc) is 2.54. The van der Waals surface area contributed by atoms with Crippen molar-refractivity contribution in [2.45, 2.75) is 46.1 Å². The summed E-state index contributed by atoms with van der Waals surface area (Å²) in [6.45, 7) is 7.88. The molecule has 1 aromatic carbocycles. The third-order valence-corrected chi connectivity index (χ3v) is 4.34. The summed E-state index contributed by atoms with van der Waals surface area (Å²) in [6, 6.07) is 6.25. The van der Waals surface area contributed by atoms with Gasteiger partial charge in [-0.25, -0.2) is 0 Å². The smallest absolute Gasteiger partial charge is 0.222 e. The van der Waals surface area contributed by atoms with Crippen LogP contribution in [-0.2, 0) is 4.79 Å². The van der Waals surface area contributed by atoms with Crippen molar-refractivity contribution in [2.24, 2.45) is 11.7 Å². The van der Waals surface area contributed by atoms with Crippen LogP contribution < -0.4 is 5.73 Å². The Morgan fingerprint density at radius 1 is 1.35 bits per heavy atom. The second-order valence-corrected chi connectivity index (χ2v) is 6.24. The highest BCUT2D eigenvalue weighted by molar-refractivity contribution is 5.76. The lowest BCUT2D eigenvalue weighted by Gasteiger charge is -2.25. The van der Waals surface area contributed by atoms with Crippen LogP contribution >= 0.6 is 0 Å². The quantitative estimate of drug-likeness (QED) is 0.921. The maximum absolute atomic E-state index is 12.1. The average molecular weight is 274 g/mol. The van der Waals surface area contributed by atoms with Crippen LogP contribution in [0.4, 0.5) is 0 Å². The van der Waals surface area contributed by atoms with Crippen molar-refractivity contribution < 1.29 is 4.79 Å². The molecular formula is C17H26N2O. The van der Waals surface area contributed by atoms with Gasteiger partial charge < -0.3 is 10.6 Å². The van der Waals surface area contributed by atoms with E-state index in [1.54, 1.807) is 0 Å². The molecule has 1 heterocycles. The lowest BCUT2D eigenvalue weighted by molar-refractivity contribution is -0.130. The number of aryl methyl sites for hydroxylation is 2. The molecule has 1 fully saturated rings. The number of nitrogens with two attached hydrogens (primary N) is 1. The molecule has 0 aliphatic carbocycles. The highest BCUT2D eigenvalue weighted by atomic mass is 16.2. The topological polar surface area (TPSA) is 46.3 Å². The summed E-state index contributed by atoms with van der Waals surface area (Å²) in [5.74, 6) is 0.899. The molecule has 1 aliphatic rings. The van der Waals surface area contributed by atoms with Crippen LogP contribution in [0.5, 0.6) is 0 Å². The molecule has 1 saturated heterocycles. The van der Waals surface area contributed by atoms with Crippen molar-refractivity contribution >= 4 is 5.91 Å². The number of carbonyl (C=O) groups is 1. The molecule has 2 rings (SSSR count). The number of amides is 1. The van der Waals surface area contributed by atoms with Gasteiger partial charge in [-0.1, -0.05) is 30.7 Å². The minimum Gasteiger partial charge on any atom is -0.341 e. The molecule has 20 heavy (non-hydrogen) atoms. The van der Waals surface area contributed by atoms with E-state index in [1.807, 2.05) is 4.90 Å². The first-order valence-electron chi connectivity index (χ1n) is 7.58. The van der Waals surface area contributed by atoms with Gasteiger partial charge in [-0.15, -0.1) is 0 Å². The maximum atomic E-state index is 12.1. The molecule has 1 aromatic rings. The highest BCUT2D eigenvalue weighted by Crippen LogP contribution is 2.22. The van der Waals surface area contributed by atoms with Gasteiger partial charge in [0.25, 0.3) is 0 Å². The van der Waals surface area contributed by atoms with Gasteiger partial charge in [0, 0.05) is 25.6 Å². The first-order valence-corrected chi connectivity index (χ1v) is 7.58. The van der Waals surface area contributed by atoms with Crippen LogP contribution in [-0.4, -0.2) is 23.9 Å². The Hall–Kier alpha value is -1.35. The zero-order valence-corrected chi connectivity index (χ0v) is 12.9. The predicted octanol–water partition coefficient (Wildman–Crippen LogP) is 2.95. The van der Waals surface area contributed by atoms with E-state index in [0.29, 0.717) is 18.9 Å².